The maximum Gasteiger partial charge on any atom is 0.268 e. The highest BCUT2D eigenvalue weighted by Crippen LogP contribution is 2.23. The lowest BCUT2D eigenvalue weighted by atomic mass is 9.99. The Bertz CT molecular complexity index is 783. The second-order valence-electron chi connectivity index (χ2n) is 5.88. The van der Waals surface area contributed by atoms with E-state index in [4.69, 9.17) is 16.9 Å². The molecule has 1 fully saturated rings. The first-order valence-electron chi connectivity index (χ1n) is 7.79. The van der Waals surface area contributed by atoms with Crippen molar-refractivity contribution in [2.24, 2.45) is 5.92 Å². The largest absolute Gasteiger partial charge is 0.316 e. The van der Waals surface area contributed by atoms with Gasteiger partial charge in [0, 0.05) is 11.6 Å². The lowest BCUT2D eigenvalue weighted by Gasteiger charge is -2.25. The number of hydrogen-bond acceptors (Lipinski definition) is 3. The van der Waals surface area contributed by atoms with E-state index >= 15 is 0 Å². The van der Waals surface area contributed by atoms with Crippen LogP contribution in [0.2, 0.25) is 5.02 Å². The van der Waals surface area contributed by atoms with Gasteiger partial charge in [-0.15, -0.1) is 0 Å². The summed E-state index contributed by atoms with van der Waals surface area (Å²) in [6.07, 6.45) is 2.21. The molecule has 118 valence electrons. The van der Waals surface area contributed by atoms with Gasteiger partial charge in [-0.2, -0.15) is 5.26 Å². The molecule has 5 heteroatoms. The summed E-state index contributed by atoms with van der Waals surface area (Å²) in [6, 6.07) is 12.9. The predicted octanol–water partition coefficient (Wildman–Crippen LogP) is 3.04. The van der Waals surface area contributed by atoms with Crippen molar-refractivity contribution < 1.29 is 0 Å². The fourth-order valence-corrected chi connectivity index (χ4v) is 3.18. The Morgan fingerprint density at radius 1 is 1.26 bits per heavy atom. The van der Waals surface area contributed by atoms with Gasteiger partial charge in [0.1, 0.15) is 11.6 Å². The van der Waals surface area contributed by atoms with Gasteiger partial charge >= 0.3 is 0 Å². The first kappa shape index (κ1) is 15.8. The standard InChI is InChI=1S/C18H18ClN3O/c19-16-6-3-14(4-7-16)17-8-5-15(10-20)18(23)22(17)12-13-2-1-9-21-11-13/h3-8,13,21H,1-2,9,11-12H2. The van der Waals surface area contributed by atoms with E-state index < -0.39 is 0 Å². The molecule has 0 saturated carbocycles. The SMILES string of the molecule is N#Cc1ccc(-c2ccc(Cl)cc2)n(CC2CCCNC2)c1=O. The van der Waals surface area contributed by atoms with Crippen LogP contribution >= 0.6 is 11.6 Å². The van der Waals surface area contributed by atoms with Gasteiger partial charge in [-0.1, -0.05) is 23.7 Å². The summed E-state index contributed by atoms with van der Waals surface area (Å²) in [5.41, 5.74) is 1.73. The number of benzene rings is 1. The third kappa shape index (κ3) is 3.47. The van der Waals surface area contributed by atoms with Crippen LogP contribution in [-0.4, -0.2) is 17.7 Å². The number of nitrogens with one attached hydrogen (secondary N) is 1. The zero-order chi connectivity index (χ0) is 16.2. The number of rotatable bonds is 3. The molecule has 1 aromatic carbocycles. The van der Waals surface area contributed by atoms with Crippen molar-refractivity contribution >= 4 is 11.6 Å². The maximum absolute atomic E-state index is 12.6. The number of aromatic nitrogens is 1. The molecule has 1 saturated heterocycles. The van der Waals surface area contributed by atoms with Gasteiger partial charge in [-0.3, -0.25) is 4.79 Å². The van der Waals surface area contributed by atoms with Crippen molar-refractivity contribution in [1.82, 2.24) is 9.88 Å². The number of nitriles is 1. The molecule has 0 bridgehead atoms. The van der Waals surface area contributed by atoms with Gasteiger partial charge in [-0.05, 0) is 61.7 Å². The van der Waals surface area contributed by atoms with E-state index in [0.29, 0.717) is 17.5 Å². The molecule has 1 atom stereocenters. The monoisotopic (exact) mass is 327 g/mol. The highest BCUT2D eigenvalue weighted by Gasteiger charge is 2.17. The summed E-state index contributed by atoms with van der Waals surface area (Å²) in [7, 11) is 0. The topological polar surface area (TPSA) is 57.8 Å². The van der Waals surface area contributed by atoms with Crippen LogP contribution in [0.15, 0.2) is 41.2 Å². The molecule has 0 aliphatic carbocycles. The van der Waals surface area contributed by atoms with Gasteiger partial charge in [0.15, 0.2) is 0 Å². The number of piperidine rings is 1. The van der Waals surface area contributed by atoms with E-state index in [1.54, 1.807) is 10.6 Å². The molecule has 0 spiro atoms. The second-order valence-corrected chi connectivity index (χ2v) is 6.32. The zero-order valence-electron chi connectivity index (χ0n) is 12.8. The van der Waals surface area contributed by atoms with Gasteiger partial charge in [-0.25, -0.2) is 0 Å². The van der Waals surface area contributed by atoms with Crippen molar-refractivity contribution in [3.05, 3.63) is 57.3 Å². The molecular formula is C18H18ClN3O. The molecule has 1 aromatic heterocycles. The quantitative estimate of drug-likeness (QED) is 0.942. The van der Waals surface area contributed by atoms with E-state index in [-0.39, 0.29) is 11.1 Å². The fourth-order valence-electron chi connectivity index (χ4n) is 3.06. The summed E-state index contributed by atoms with van der Waals surface area (Å²) >= 11 is 5.95. The van der Waals surface area contributed by atoms with E-state index in [2.05, 4.69) is 5.32 Å². The minimum Gasteiger partial charge on any atom is -0.316 e. The molecule has 2 heterocycles. The van der Waals surface area contributed by atoms with Crippen LogP contribution in [0.25, 0.3) is 11.3 Å². The second kappa shape index (κ2) is 6.99. The minimum atomic E-state index is -0.217. The van der Waals surface area contributed by atoms with Gasteiger partial charge < -0.3 is 9.88 Å². The van der Waals surface area contributed by atoms with Crippen LogP contribution in [0, 0.1) is 17.2 Å². The average molecular weight is 328 g/mol. The first-order valence-corrected chi connectivity index (χ1v) is 8.17. The fraction of sp³-hybridized carbons (Fsp3) is 0.333. The Morgan fingerprint density at radius 2 is 2.04 bits per heavy atom. The maximum atomic E-state index is 12.6. The molecule has 1 aliphatic rings. The molecule has 0 amide bonds. The molecule has 4 nitrogen and oxygen atoms in total. The number of hydrogen-bond donors (Lipinski definition) is 1. The molecule has 2 aromatic rings. The Balaban J connectivity index is 2.04. The van der Waals surface area contributed by atoms with Crippen LogP contribution in [0.4, 0.5) is 0 Å². The summed E-state index contributed by atoms with van der Waals surface area (Å²) in [5, 5.41) is 13.2. The lowest BCUT2D eigenvalue weighted by Crippen LogP contribution is -2.35. The molecular weight excluding hydrogens is 310 g/mol. The minimum absolute atomic E-state index is 0.187. The van der Waals surface area contributed by atoms with E-state index in [1.165, 1.54) is 0 Å². The number of halogens is 1. The van der Waals surface area contributed by atoms with Crippen molar-refractivity contribution in [1.29, 1.82) is 5.26 Å². The highest BCUT2D eigenvalue weighted by molar-refractivity contribution is 6.30. The van der Waals surface area contributed by atoms with Crippen LogP contribution in [-0.2, 0) is 6.54 Å². The summed E-state index contributed by atoms with van der Waals surface area (Å²) in [6.45, 7) is 2.57. The Morgan fingerprint density at radius 3 is 2.70 bits per heavy atom. The number of pyridine rings is 1. The van der Waals surface area contributed by atoms with E-state index in [9.17, 15) is 4.79 Å². The van der Waals surface area contributed by atoms with Gasteiger partial charge in [0.05, 0.1) is 5.69 Å². The van der Waals surface area contributed by atoms with Crippen LogP contribution in [0.5, 0.6) is 0 Å². The summed E-state index contributed by atoms with van der Waals surface area (Å²) < 4.78 is 1.74. The lowest BCUT2D eigenvalue weighted by molar-refractivity contribution is 0.335. The Hall–Kier alpha value is -2.09. The van der Waals surface area contributed by atoms with Gasteiger partial charge in [0.25, 0.3) is 5.56 Å². The average Bonchev–Trinajstić information content (AvgIpc) is 2.58. The van der Waals surface area contributed by atoms with Crippen molar-refractivity contribution in [3.63, 3.8) is 0 Å². The number of nitrogens with zero attached hydrogens (tertiary/aromatic N) is 2. The van der Waals surface area contributed by atoms with Gasteiger partial charge in [0.2, 0.25) is 0 Å². The van der Waals surface area contributed by atoms with Crippen molar-refractivity contribution in [2.75, 3.05) is 13.1 Å². The third-order valence-electron chi connectivity index (χ3n) is 4.27. The summed E-state index contributed by atoms with van der Waals surface area (Å²) in [4.78, 5) is 12.6. The smallest absolute Gasteiger partial charge is 0.268 e. The van der Waals surface area contributed by atoms with Crippen LogP contribution in [0.1, 0.15) is 18.4 Å². The molecule has 1 unspecified atom stereocenters. The molecule has 1 N–H and O–H groups in total. The molecule has 23 heavy (non-hydrogen) atoms. The van der Waals surface area contributed by atoms with E-state index in [1.807, 2.05) is 36.4 Å². The zero-order valence-corrected chi connectivity index (χ0v) is 13.5. The first-order chi connectivity index (χ1) is 11.2. The normalized spacial score (nSPS) is 17.7. The summed E-state index contributed by atoms with van der Waals surface area (Å²) in [5.74, 6) is 0.404. The van der Waals surface area contributed by atoms with E-state index in [0.717, 1.165) is 37.2 Å². The van der Waals surface area contributed by atoms with Crippen molar-refractivity contribution in [2.45, 2.75) is 19.4 Å². The highest BCUT2D eigenvalue weighted by atomic mass is 35.5. The van der Waals surface area contributed by atoms with Crippen LogP contribution in [0.3, 0.4) is 0 Å². The Labute approximate surface area is 140 Å². The molecule has 1 aliphatic heterocycles. The van der Waals surface area contributed by atoms with Crippen molar-refractivity contribution in [3.8, 4) is 17.3 Å². The molecule has 3 rings (SSSR count). The third-order valence-corrected chi connectivity index (χ3v) is 4.53. The van der Waals surface area contributed by atoms with Crippen LogP contribution < -0.4 is 10.9 Å². The molecule has 0 radical (unpaired) electrons. The predicted molar refractivity (Wildman–Crippen MR) is 91.5 cm³/mol. The Kier molecular flexibility index (Phi) is 4.80.